The molecule has 0 saturated heterocycles. The van der Waals surface area contributed by atoms with Gasteiger partial charge in [-0.1, -0.05) is 51.8 Å². The molecule has 0 radical (unpaired) electrons. The zero-order valence-corrected chi connectivity index (χ0v) is 11.8. The highest BCUT2D eigenvalue weighted by molar-refractivity contribution is 9.08. The fourth-order valence-corrected chi connectivity index (χ4v) is 2.23. The van der Waals surface area contributed by atoms with Gasteiger partial charge in [-0.05, 0) is 29.8 Å². The van der Waals surface area contributed by atoms with Crippen LogP contribution in [0.25, 0.3) is 0 Å². The number of hydrogen-bond acceptors (Lipinski definition) is 1. The van der Waals surface area contributed by atoms with Crippen LogP contribution in [0.5, 0.6) is 0 Å². The third kappa shape index (κ3) is 3.12. The number of hydrogen-bond donors (Lipinski definition) is 1. The number of carbonyl (C=O) groups is 1. The second kappa shape index (κ2) is 6.03. The minimum atomic E-state index is -0.139. The van der Waals surface area contributed by atoms with E-state index in [1.165, 1.54) is 0 Å². The molecule has 0 aromatic heterocycles. The van der Waals surface area contributed by atoms with E-state index in [4.69, 9.17) is 11.6 Å². The van der Waals surface area contributed by atoms with Crippen molar-refractivity contribution in [1.29, 1.82) is 0 Å². The summed E-state index contributed by atoms with van der Waals surface area (Å²) in [7, 11) is 0. The van der Waals surface area contributed by atoms with Crippen LogP contribution < -0.4 is 5.32 Å². The Balaban J connectivity index is 2.24. The molecule has 0 fully saturated rings. The van der Waals surface area contributed by atoms with Crippen LogP contribution in [-0.4, -0.2) is 5.91 Å². The first-order chi connectivity index (χ1) is 8.70. The maximum Gasteiger partial charge on any atom is 0.255 e. The van der Waals surface area contributed by atoms with Crippen molar-refractivity contribution in [2.24, 2.45) is 0 Å². The smallest absolute Gasteiger partial charge is 0.255 e. The van der Waals surface area contributed by atoms with Crippen LogP contribution in [0, 0.1) is 0 Å². The Labute approximate surface area is 119 Å². The van der Waals surface area contributed by atoms with Gasteiger partial charge in [0.1, 0.15) is 0 Å². The van der Waals surface area contributed by atoms with Crippen molar-refractivity contribution in [3.63, 3.8) is 0 Å². The Kier molecular flexibility index (Phi) is 4.39. The molecular formula is C14H11BrClNO. The van der Waals surface area contributed by atoms with Crippen LogP contribution in [-0.2, 0) is 5.33 Å². The molecule has 0 unspecified atom stereocenters. The van der Waals surface area contributed by atoms with E-state index in [0.29, 0.717) is 15.9 Å². The number of rotatable bonds is 3. The molecule has 0 bridgehead atoms. The molecule has 0 aliphatic heterocycles. The van der Waals surface area contributed by atoms with Crippen molar-refractivity contribution in [1.82, 2.24) is 0 Å². The molecule has 1 amide bonds. The molecule has 92 valence electrons. The lowest BCUT2D eigenvalue weighted by Gasteiger charge is -2.10. The molecule has 0 saturated carbocycles. The van der Waals surface area contributed by atoms with Crippen LogP contribution in [0.1, 0.15) is 15.9 Å². The molecule has 0 aliphatic rings. The Morgan fingerprint density at radius 2 is 1.89 bits per heavy atom. The van der Waals surface area contributed by atoms with Gasteiger partial charge in [-0.2, -0.15) is 0 Å². The average molecular weight is 325 g/mol. The summed E-state index contributed by atoms with van der Waals surface area (Å²) >= 11 is 9.32. The van der Waals surface area contributed by atoms with Crippen molar-refractivity contribution < 1.29 is 4.79 Å². The van der Waals surface area contributed by atoms with E-state index in [1.54, 1.807) is 24.3 Å². The Hall–Kier alpha value is -1.32. The molecule has 2 rings (SSSR count). The van der Waals surface area contributed by atoms with Crippen LogP contribution in [0.4, 0.5) is 5.69 Å². The molecule has 1 N–H and O–H groups in total. The van der Waals surface area contributed by atoms with Crippen LogP contribution in [0.3, 0.4) is 0 Å². The summed E-state index contributed by atoms with van der Waals surface area (Å²) in [5.41, 5.74) is 2.34. The number of halogens is 2. The number of nitrogens with one attached hydrogen (secondary N) is 1. The van der Waals surface area contributed by atoms with Gasteiger partial charge >= 0.3 is 0 Å². The zero-order chi connectivity index (χ0) is 13.0. The van der Waals surface area contributed by atoms with E-state index >= 15 is 0 Å². The summed E-state index contributed by atoms with van der Waals surface area (Å²) in [5.74, 6) is -0.139. The van der Waals surface area contributed by atoms with Gasteiger partial charge in [-0.25, -0.2) is 0 Å². The molecule has 2 aromatic rings. The Morgan fingerprint density at radius 3 is 2.56 bits per heavy atom. The van der Waals surface area contributed by atoms with Gasteiger partial charge in [0.05, 0.1) is 0 Å². The molecular weight excluding hydrogens is 314 g/mol. The lowest BCUT2D eigenvalue weighted by molar-refractivity contribution is 0.102. The van der Waals surface area contributed by atoms with Crippen LogP contribution >= 0.6 is 27.5 Å². The molecule has 4 heteroatoms. The topological polar surface area (TPSA) is 29.1 Å². The van der Waals surface area contributed by atoms with Crippen molar-refractivity contribution in [2.75, 3.05) is 5.32 Å². The Bertz CT molecular complexity index is 557. The molecule has 18 heavy (non-hydrogen) atoms. The quantitative estimate of drug-likeness (QED) is 0.828. The fourth-order valence-electron chi connectivity index (χ4n) is 1.57. The van der Waals surface area contributed by atoms with Gasteiger partial charge < -0.3 is 5.32 Å². The third-order valence-corrected chi connectivity index (χ3v) is 3.34. The first-order valence-electron chi connectivity index (χ1n) is 5.41. The molecule has 0 atom stereocenters. The maximum absolute atomic E-state index is 12.0. The van der Waals surface area contributed by atoms with Gasteiger partial charge in [-0.3, -0.25) is 4.79 Å². The van der Waals surface area contributed by atoms with Gasteiger partial charge in [0, 0.05) is 21.6 Å². The second-order valence-electron chi connectivity index (χ2n) is 3.76. The first-order valence-corrected chi connectivity index (χ1v) is 6.91. The van der Waals surface area contributed by atoms with Crippen molar-refractivity contribution in [3.8, 4) is 0 Å². The van der Waals surface area contributed by atoms with E-state index in [-0.39, 0.29) is 5.91 Å². The summed E-state index contributed by atoms with van der Waals surface area (Å²) in [6, 6.07) is 14.5. The summed E-state index contributed by atoms with van der Waals surface area (Å²) < 4.78 is 0. The van der Waals surface area contributed by atoms with Crippen molar-refractivity contribution in [3.05, 3.63) is 64.7 Å². The van der Waals surface area contributed by atoms with Crippen molar-refractivity contribution in [2.45, 2.75) is 5.33 Å². The number of amides is 1. The van der Waals surface area contributed by atoms with E-state index in [1.807, 2.05) is 24.3 Å². The predicted molar refractivity (Wildman–Crippen MR) is 78.5 cm³/mol. The molecule has 2 nitrogen and oxygen atoms in total. The number of alkyl halides is 1. The molecule has 0 spiro atoms. The van der Waals surface area contributed by atoms with E-state index in [9.17, 15) is 4.79 Å². The van der Waals surface area contributed by atoms with Crippen LogP contribution in [0.2, 0.25) is 5.02 Å². The first kappa shape index (κ1) is 13.1. The predicted octanol–water partition coefficient (Wildman–Crippen LogP) is 4.49. The summed E-state index contributed by atoms with van der Waals surface area (Å²) in [6.07, 6.45) is 0. The van der Waals surface area contributed by atoms with E-state index in [0.717, 1.165) is 11.3 Å². The largest absolute Gasteiger partial charge is 0.322 e. The summed E-state index contributed by atoms with van der Waals surface area (Å²) in [6.45, 7) is 0. The van der Waals surface area contributed by atoms with E-state index in [2.05, 4.69) is 21.2 Å². The SMILES string of the molecule is O=C(Nc1cc(Cl)ccc1CBr)c1ccccc1. The lowest BCUT2D eigenvalue weighted by atomic mass is 10.1. The minimum absolute atomic E-state index is 0.139. The van der Waals surface area contributed by atoms with Gasteiger partial charge in [0.2, 0.25) is 0 Å². The normalized spacial score (nSPS) is 10.1. The monoisotopic (exact) mass is 323 g/mol. The molecule has 2 aromatic carbocycles. The molecule has 0 heterocycles. The highest BCUT2D eigenvalue weighted by Gasteiger charge is 2.08. The zero-order valence-electron chi connectivity index (χ0n) is 9.49. The Morgan fingerprint density at radius 1 is 1.17 bits per heavy atom. The molecule has 0 aliphatic carbocycles. The minimum Gasteiger partial charge on any atom is -0.322 e. The standard InChI is InChI=1S/C14H11BrClNO/c15-9-11-6-7-12(16)8-13(11)17-14(18)10-4-2-1-3-5-10/h1-8H,9H2,(H,17,18). The highest BCUT2D eigenvalue weighted by atomic mass is 79.9. The highest BCUT2D eigenvalue weighted by Crippen LogP contribution is 2.23. The number of anilines is 1. The van der Waals surface area contributed by atoms with Gasteiger partial charge in [-0.15, -0.1) is 0 Å². The number of carbonyl (C=O) groups excluding carboxylic acids is 1. The van der Waals surface area contributed by atoms with Crippen molar-refractivity contribution >= 4 is 39.1 Å². The lowest BCUT2D eigenvalue weighted by Crippen LogP contribution is -2.12. The fraction of sp³-hybridized carbons (Fsp3) is 0.0714. The number of benzene rings is 2. The second-order valence-corrected chi connectivity index (χ2v) is 4.75. The van der Waals surface area contributed by atoms with E-state index < -0.39 is 0 Å². The third-order valence-electron chi connectivity index (χ3n) is 2.50. The van der Waals surface area contributed by atoms with Crippen LogP contribution in [0.15, 0.2) is 48.5 Å². The van der Waals surface area contributed by atoms with Gasteiger partial charge in [0.25, 0.3) is 5.91 Å². The summed E-state index contributed by atoms with van der Waals surface area (Å²) in [5, 5.41) is 4.13. The maximum atomic E-state index is 12.0. The summed E-state index contributed by atoms with van der Waals surface area (Å²) in [4.78, 5) is 12.0. The van der Waals surface area contributed by atoms with Gasteiger partial charge in [0.15, 0.2) is 0 Å². The average Bonchev–Trinajstić information content (AvgIpc) is 2.40.